The average Bonchev–Trinajstić information content (AvgIpc) is 2.78. The third kappa shape index (κ3) is 4.17. The monoisotopic (exact) mass is 405 g/mol. The normalized spacial score (nSPS) is 16.8. The number of pyridine rings is 1. The van der Waals surface area contributed by atoms with E-state index >= 15 is 0 Å². The number of aromatic amines is 1. The molecule has 0 unspecified atom stereocenters. The van der Waals surface area contributed by atoms with Crippen LogP contribution in [0.1, 0.15) is 42.0 Å². The number of nitrogens with one attached hydrogen (secondary N) is 1. The minimum Gasteiger partial charge on any atom is -0.494 e. The van der Waals surface area contributed by atoms with Gasteiger partial charge in [-0.2, -0.15) is 5.10 Å². The molecule has 1 atom stereocenters. The Morgan fingerprint density at radius 1 is 1.17 bits per heavy atom. The van der Waals surface area contributed by atoms with Crippen LogP contribution in [0.5, 0.6) is 5.88 Å². The maximum absolute atomic E-state index is 12.3. The van der Waals surface area contributed by atoms with Gasteiger partial charge < -0.3 is 5.11 Å². The highest BCUT2D eigenvalue weighted by atomic mass is 16.3. The van der Waals surface area contributed by atoms with Gasteiger partial charge in [0.1, 0.15) is 5.56 Å². The Balaban J connectivity index is 1.65. The molecule has 1 aliphatic rings. The van der Waals surface area contributed by atoms with Gasteiger partial charge in [0.25, 0.3) is 5.56 Å². The van der Waals surface area contributed by atoms with Crippen LogP contribution < -0.4 is 11.2 Å². The summed E-state index contributed by atoms with van der Waals surface area (Å²) in [5.74, 6) is -0.397. The van der Waals surface area contributed by atoms with Gasteiger partial charge in [0, 0.05) is 18.9 Å². The van der Waals surface area contributed by atoms with E-state index in [1.54, 1.807) is 6.20 Å². The molecule has 0 radical (unpaired) electrons. The van der Waals surface area contributed by atoms with Crippen molar-refractivity contribution in [2.45, 2.75) is 31.8 Å². The summed E-state index contributed by atoms with van der Waals surface area (Å²) < 4.78 is 1.13. The van der Waals surface area contributed by atoms with Crippen LogP contribution in [0, 0.1) is 0 Å². The molecule has 2 N–H and O–H groups in total. The van der Waals surface area contributed by atoms with E-state index in [1.165, 1.54) is 6.21 Å². The fourth-order valence-corrected chi connectivity index (χ4v) is 3.70. The van der Waals surface area contributed by atoms with Crippen LogP contribution in [-0.4, -0.2) is 37.4 Å². The number of rotatable bonds is 5. The Morgan fingerprint density at radius 3 is 2.77 bits per heavy atom. The zero-order chi connectivity index (χ0) is 20.9. The number of hydrogen-bond acceptors (Lipinski definition) is 6. The summed E-state index contributed by atoms with van der Waals surface area (Å²) in [6, 6.07) is 13.2. The first kappa shape index (κ1) is 19.6. The van der Waals surface area contributed by atoms with Crippen molar-refractivity contribution in [1.82, 2.24) is 19.5 Å². The Kier molecular flexibility index (Phi) is 5.74. The zero-order valence-electron chi connectivity index (χ0n) is 16.4. The molecule has 1 fully saturated rings. The summed E-state index contributed by atoms with van der Waals surface area (Å²) in [4.78, 5) is 31.0. The summed E-state index contributed by atoms with van der Waals surface area (Å²) in [5, 5.41) is 17.1. The molecule has 1 aliphatic heterocycles. The van der Waals surface area contributed by atoms with Crippen LogP contribution in [-0.2, 0) is 6.54 Å². The van der Waals surface area contributed by atoms with Gasteiger partial charge in [-0.15, -0.1) is 0 Å². The molecule has 0 aliphatic carbocycles. The number of aromatic hydroxyl groups is 1. The lowest BCUT2D eigenvalue weighted by atomic mass is 9.98. The first-order valence-electron chi connectivity index (χ1n) is 9.94. The molecule has 2 aromatic heterocycles. The van der Waals surface area contributed by atoms with Gasteiger partial charge in [-0.3, -0.25) is 24.3 Å². The fraction of sp³-hybridized carbons (Fsp3) is 0.273. The molecule has 1 aromatic carbocycles. The molecule has 0 bridgehead atoms. The Hall–Kier alpha value is -3.68. The van der Waals surface area contributed by atoms with Crippen LogP contribution in [0.4, 0.5) is 0 Å². The van der Waals surface area contributed by atoms with Crippen LogP contribution in [0.25, 0.3) is 0 Å². The van der Waals surface area contributed by atoms with Gasteiger partial charge in [-0.05, 0) is 36.5 Å². The molecule has 3 heterocycles. The van der Waals surface area contributed by atoms with Crippen LogP contribution in [0.3, 0.4) is 0 Å². The summed E-state index contributed by atoms with van der Waals surface area (Å²) in [6.45, 7) is 0.879. The van der Waals surface area contributed by atoms with Crippen molar-refractivity contribution in [3.05, 3.63) is 92.4 Å². The predicted octanol–water partition coefficient (Wildman–Crippen LogP) is 2.25. The minimum absolute atomic E-state index is 0.0407. The lowest BCUT2D eigenvalue weighted by Crippen LogP contribution is -2.33. The lowest BCUT2D eigenvalue weighted by Gasteiger charge is -2.33. The van der Waals surface area contributed by atoms with E-state index in [2.05, 4.69) is 15.1 Å². The first-order chi connectivity index (χ1) is 14.6. The molecule has 3 aromatic rings. The maximum atomic E-state index is 12.3. The van der Waals surface area contributed by atoms with E-state index in [9.17, 15) is 14.7 Å². The van der Waals surface area contributed by atoms with Crippen molar-refractivity contribution in [1.29, 1.82) is 0 Å². The minimum atomic E-state index is -0.666. The van der Waals surface area contributed by atoms with E-state index in [4.69, 9.17) is 0 Å². The van der Waals surface area contributed by atoms with Gasteiger partial charge in [0.05, 0.1) is 18.8 Å². The van der Waals surface area contributed by atoms with Crippen LogP contribution in [0.2, 0.25) is 0 Å². The maximum Gasteiger partial charge on any atom is 0.331 e. The molecule has 30 heavy (non-hydrogen) atoms. The highest BCUT2D eigenvalue weighted by molar-refractivity contribution is 5.81. The smallest absolute Gasteiger partial charge is 0.331 e. The number of piperidine rings is 1. The standard InChI is InChI=1S/C22H23N5O3/c28-20-18(21(29)26(22(30)25-20)15-16-7-2-1-3-8-16)14-24-27-12-5-4-10-19(27)17-9-6-11-23-13-17/h1-3,6-9,11,13-14,19,29H,4-5,10,12,15H2,(H,25,28,30)/t19-/m0/s1. The van der Waals surface area contributed by atoms with Gasteiger partial charge in [0.15, 0.2) is 0 Å². The second-order valence-corrected chi connectivity index (χ2v) is 7.27. The molecule has 0 spiro atoms. The first-order valence-corrected chi connectivity index (χ1v) is 9.94. The zero-order valence-corrected chi connectivity index (χ0v) is 16.4. The van der Waals surface area contributed by atoms with E-state index in [1.807, 2.05) is 53.7 Å². The van der Waals surface area contributed by atoms with Crippen molar-refractivity contribution in [2.75, 3.05) is 6.54 Å². The second kappa shape index (κ2) is 8.77. The highest BCUT2D eigenvalue weighted by Crippen LogP contribution is 2.30. The molecular formula is C22H23N5O3. The van der Waals surface area contributed by atoms with Gasteiger partial charge >= 0.3 is 5.69 Å². The average molecular weight is 405 g/mol. The third-order valence-corrected chi connectivity index (χ3v) is 5.27. The number of aromatic nitrogens is 3. The van der Waals surface area contributed by atoms with Crippen molar-refractivity contribution < 1.29 is 5.11 Å². The second-order valence-electron chi connectivity index (χ2n) is 7.27. The highest BCUT2D eigenvalue weighted by Gasteiger charge is 2.23. The Morgan fingerprint density at radius 2 is 2.00 bits per heavy atom. The summed E-state index contributed by atoms with van der Waals surface area (Å²) >= 11 is 0. The van der Waals surface area contributed by atoms with Crippen molar-refractivity contribution in [2.24, 2.45) is 5.10 Å². The number of nitrogens with zero attached hydrogens (tertiary/aromatic N) is 4. The lowest BCUT2D eigenvalue weighted by molar-refractivity contribution is 0.156. The molecule has 0 saturated carbocycles. The SMILES string of the molecule is O=c1[nH]c(=O)n(Cc2ccccc2)c(O)c1C=NN1CCCC[C@H]1c1cccnc1. The van der Waals surface area contributed by atoms with E-state index < -0.39 is 17.1 Å². The van der Waals surface area contributed by atoms with Gasteiger partial charge in [-0.1, -0.05) is 36.4 Å². The van der Waals surface area contributed by atoms with E-state index in [0.717, 1.165) is 41.5 Å². The Bertz CT molecular complexity index is 1140. The van der Waals surface area contributed by atoms with E-state index in [-0.39, 0.29) is 18.2 Å². The fourth-order valence-electron chi connectivity index (χ4n) is 3.70. The molecule has 4 rings (SSSR count). The van der Waals surface area contributed by atoms with Gasteiger partial charge in [0.2, 0.25) is 5.88 Å². The summed E-state index contributed by atoms with van der Waals surface area (Å²) in [6.07, 6.45) is 7.89. The number of hydrogen-bond donors (Lipinski definition) is 2. The van der Waals surface area contributed by atoms with Crippen LogP contribution in [0.15, 0.2) is 69.5 Å². The predicted molar refractivity (Wildman–Crippen MR) is 114 cm³/mol. The third-order valence-electron chi connectivity index (χ3n) is 5.27. The largest absolute Gasteiger partial charge is 0.494 e. The molecule has 154 valence electrons. The molecule has 8 heteroatoms. The Labute approximate surface area is 173 Å². The number of H-pyrrole nitrogens is 1. The van der Waals surface area contributed by atoms with Crippen molar-refractivity contribution >= 4 is 6.21 Å². The number of benzene rings is 1. The topological polar surface area (TPSA) is 104 Å². The molecule has 1 saturated heterocycles. The quantitative estimate of drug-likeness (QED) is 0.634. The van der Waals surface area contributed by atoms with Gasteiger partial charge in [-0.25, -0.2) is 4.79 Å². The molecule has 8 nitrogen and oxygen atoms in total. The van der Waals surface area contributed by atoms with Crippen molar-refractivity contribution in [3.8, 4) is 5.88 Å². The summed E-state index contributed by atoms with van der Waals surface area (Å²) in [7, 11) is 0. The van der Waals surface area contributed by atoms with Crippen molar-refractivity contribution in [3.63, 3.8) is 0 Å². The molecular weight excluding hydrogens is 382 g/mol. The van der Waals surface area contributed by atoms with Crippen LogP contribution >= 0.6 is 0 Å². The summed E-state index contributed by atoms with van der Waals surface area (Å²) in [5.41, 5.74) is 0.519. The van der Waals surface area contributed by atoms with E-state index in [0.29, 0.717) is 0 Å². The molecule has 0 amide bonds. The number of hydrazone groups is 1.